The van der Waals surface area contributed by atoms with E-state index in [2.05, 4.69) is 17.1 Å². The van der Waals surface area contributed by atoms with Gasteiger partial charge in [-0.2, -0.15) is 0 Å². The molecule has 2 rings (SSSR count). The summed E-state index contributed by atoms with van der Waals surface area (Å²) in [5.74, 6) is 0.306. The Bertz CT molecular complexity index is 316. The Labute approximate surface area is 109 Å². The summed E-state index contributed by atoms with van der Waals surface area (Å²) < 4.78 is 4.82. The first-order chi connectivity index (χ1) is 8.72. The van der Waals surface area contributed by atoms with Crippen LogP contribution in [0.2, 0.25) is 0 Å². The van der Waals surface area contributed by atoms with Crippen molar-refractivity contribution < 1.29 is 14.6 Å². The smallest absolute Gasteiger partial charge is 0.325 e. The molecular formula is C14H23NO3. The van der Waals surface area contributed by atoms with E-state index in [0.717, 1.165) is 32.4 Å². The number of aliphatic hydroxyl groups is 1. The van der Waals surface area contributed by atoms with Crippen LogP contribution in [0.4, 0.5) is 0 Å². The monoisotopic (exact) mass is 253 g/mol. The highest BCUT2D eigenvalue weighted by Gasteiger charge is 2.37. The van der Waals surface area contributed by atoms with Gasteiger partial charge < -0.3 is 9.84 Å². The summed E-state index contributed by atoms with van der Waals surface area (Å²) in [7, 11) is 1.39. The molecule has 18 heavy (non-hydrogen) atoms. The number of ether oxygens (including phenoxy) is 1. The molecule has 0 spiro atoms. The Kier molecular flexibility index (Phi) is 4.78. The van der Waals surface area contributed by atoms with Gasteiger partial charge in [0.05, 0.1) is 13.2 Å². The average molecular weight is 253 g/mol. The van der Waals surface area contributed by atoms with Crippen molar-refractivity contribution in [2.45, 2.75) is 44.2 Å². The lowest BCUT2D eigenvalue weighted by molar-refractivity contribution is -0.154. The van der Waals surface area contributed by atoms with Crippen molar-refractivity contribution in [1.29, 1.82) is 0 Å². The van der Waals surface area contributed by atoms with Crippen molar-refractivity contribution in [1.82, 2.24) is 4.90 Å². The highest BCUT2D eigenvalue weighted by molar-refractivity contribution is 5.76. The number of esters is 1. The van der Waals surface area contributed by atoms with Crippen LogP contribution in [0.25, 0.3) is 0 Å². The lowest BCUT2D eigenvalue weighted by atomic mass is 9.91. The fourth-order valence-corrected chi connectivity index (χ4v) is 3.03. The van der Waals surface area contributed by atoms with Crippen LogP contribution in [0.1, 0.15) is 32.1 Å². The van der Waals surface area contributed by atoms with Crippen molar-refractivity contribution in [3.05, 3.63) is 12.2 Å². The summed E-state index contributed by atoms with van der Waals surface area (Å²) in [6, 6.07) is -0.463. The largest absolute Gasteiger partial charge is 0.468 e. The first-order valence-electron chi connectivity index (χ1n) is 6.87. The predicted molar refractivity (Wildman–Crippen MR) is 69.1 cm³/mol. The molecule has 0 saturated carbocycles. The minimum absolute atomic E-state index is 0.298. The molecule has 2 aliphatic rings. The maximum atomic E-state index is 11.8. The molecule has 1 aliphatic carbocycles. The highest BCUT2D eigenvalue weighted by Crippen LogP contribution is 2.24. The molecule has 4 nitrogen and oxygen atoms in total. The normalized spacial score (nSPS) is 33.3. The highest BCUT2D eigenvalue weighted by atomic mass is 16.5. The zero-order valence-corrected chi connectivity index (χ0v) is 11.0. The third-order valence-electron chi connectivity index (χ3n) is 4.02. The second-order valence-electron chi connectivity index (χ2n) is 5.32. The molecule has 1 fully saturated rings. The Hall–Kier alpha value is -0.870. The van der Waals surface area contributed by atoms with Gasteiger partial charge in [-0.15, -0.1) is 0 Å². The summed E-state index contributed by atoms with van der Waals surface area (Å²) in [5.41, 5.74) is 0. The molecule has 0 radical (unpaired) electrons. The maximum Gasteiger partial charge on any atom is 0.325 e. The number of hydrogen-bond donors (Lipinski definition) is 1. The van der Waals surface area contributed by atoms with Gasteiger partial charge in [0.25, 0.3) is 0 Å². The first-order valence-corrected chi connectivity index (χ1v) is 6.87. The Morgan fingerprint density at radius 2 is 2.28 bits per heavy atom. The van der Waals surface area contributed by atoms with Gasteiger partial charge in [-0.25, -0.2) is 0 Å². The molecule has 102 valence electrons. The molecule has 0 aromatic rings. The van der Waals surface area contributed by atoms with Crippen LogP contribution in [-0.4, -0.2) is 48.3 Å². The van der Waals surface area contributed by atoms with Crippen LogP contribution in [0, 0.1) is 5.92 Å². The number of likely N-dealkylation sites (tertiary alicyclic amines) is 1. The van der Waals surface area contributed by atoms with Crippen molar-refractivity contribution in [2.24, 2.45) is 5.92 Å². The molecule has 0 aromatic carbocycles. The number of allylic oxidation sites excluding steroid dienone is 2. The second kappa shape index (κ2) is 6.34. The summed E-state index contributed by atoms with van der Waals surface area (Å²) in [6.45, 7) is 1.78. The second-order valence-corrected chi connectivity index (χ2v) is 5.32. The molecular weight excluding hydrogens is 230 g/mol. The number of hydrogen-bond acceptors (Lipinski definition) is 4. The number of aliphatic hydroxyl groups excluding tert-OH is 1. The molecule has 1 aliphatic heterocycles. The lowest BCUT2D eigenvalue weighted by Gasteiger charge is -2.39. The molecule has 1 heterocycles. The van der Waals surface area contributed by atoms with E-state index in [9.17, 15) is 9.90 Å². The van der Waals surface area contributed by atoms with Crippen molar-refractivity contribution in [2.75, 3.05) is 20.2 Å². The van der Waals surface area contributed by atoms with E-state index in [1.165, 1.54) is 13.5 Å². The van der Waals surface area contributed by atoms with Gasteiger partial charge in [0.1, 0.15) is 6.04 Å². The number of carbonyl (C=O) groups excluding carboxylic acids is 1. The first kappa shape index (κ1) is 13.6. The third-order valence-corrected chi connectivity index (χ3v) is 4.02. The summed E-state index contributed by atoms with van der Waals surface area (Å²) in [6.07, 6.45) is 8.91. The van der Waals surface area contributed by atoms with Gasteiger partial charge in [-0.3, -0.25) is 9.69 Å². The van der Waals surface area contributed by atoms with E-state index in [1.807, 2.05) is 0 Å². The molecule has 4 heteroatoms. The third kappa shape index (κ3) is 3.12. The SMILES string of the molecule is COC(=O)[C@@H]1[C@H](O)CCCN1C[C@@H]1CC=CCC1. The van der Waals surface area contributed by atoms with Gasteiger partial charge in [0, 0.05) is 6.54 Å². The fraction of sp³-hybridized carbons (Fsp3) is 0.786. The van der Waals surface area contributed by atoms with Crippen LogP contribution < -0.4 is 0 Å². The minimum Gasteiger partial charge on any atom is -0.468 e. The molecule has 0 bridgehead atoms. The summed E-state index contributed by atoms with van der Waals surface area (Å²) in [4.78, 5) is 13.9. The predicted octanol–water partition coefficient (Wildman–Crippen LogP) is 1.34. The molecule has 0 aromatic heterocycles. The molecule has 1 saturated heterocycles. The number of methoxy groups -OCH3 is 1. The van der Waals surface area contributed by atoms with Crippen LogP contribution in [0.5, 0.6) is 0 Å². The van der Waals surface area contributed by atoms with E-state index in [4.69, 9.17) is 4.74 Å². The fourth-order valence-electron chi connectivity index (χ4n) is 3.03. The van der Waals surface area contributed by atoms with Crippen LogP contribution >= 0.6 is 0 Å². The van der Waals surface area contributed by atoms with E-state index < -0.39 is 12.1 Å². The van der Waals surface area contributed by atoms with E-state index in [0.29, 0.717) is 12.3 Å². The Morgan fingerprint density at radius 3 is 2.94 bits per heavy atom. The standard InChI is InChI=1S/C14H23NO3/c1-18-14(17)13-12(16)8-5-9-15(13)10-11-6-3-2-4-7-11/h2-3,11-13,16H,4-10H2,1H3/t11-,12-,13+/m1/s1. The summed E-state index contributed by atoms with van der Waals surface area (Å²) >= 11 is 0. The van der Waals surface area contributed by atoms with Crippen LogP contribution in [0.3, 0.4) is 0 Å². The molecule has 0 unspecified atom stereocenters. The van der Waals surface area contributed by atoms with Crippen molar-refractivity contribution >= 4 is 5.97 Å². The number of piperidine rings is 1. The molecule has 1 N–H and O–H groups in total. The van der Waals surface area contributed by atoms with Gasteiger partial charge in [-0.05, 0) is 44.6 Å². The Morgan fingerprint density at radius 1 is 1.44 bits per heavy atom. The Balaban J connectivity index is 1.98. The summed E-state index contributed by atoms with van der Waals surface area (Å²) in [5, 5.41) is 10.0. The van der Waals surface area contributed by atoms with Crippen LogP contribution in [0.15, 0.2) is 12.2 Å². The quantitative estimate of drug-likeness (QED) is 0.609. The van der Waals surface area contributed by atoms with E-state index >= 15 is 0 Å². The maximum absolute atomic E-state index is 11.8. The van der Waals surface area contributed by atoms with E-state index in [-0.39, 0.29) is 5.97 Å². The van der Waals surface area contributed by atoms with Crippen LogP contribution in [-0.2, 0) is 9.53 Å². The number of rotatable bonds is 3. The zero-order chi connectivity index (χ0) is 13.0. The lowest BCUT2D eigenvalue weighted by Crippen LogP contribution is -2.54. The molecule has 3 atom stereocenters. The van der Waals surface area contributed by atoms with Crippen molar-refractivity contribution in [3.8, 4) is 0 Å². The molecule has 0 amide bonds. The van der Waals surface area contributed by atoms with Gasteiger partial charge in [0.15, 0.2) is 0 Å². The van der Waals surface area contributed by atoms with E-state index in [1.54, 1.807) is 0 Å². The topological polar surface area (TPSA) is 49.8 Å². The number of nitrogens with zero attached hydrogens (tertiary/aromatic N) is 1. The minimum atomic E-state index is -0.578. The van der Waals surface area contributed by atoms with Gasteiger partial charge >= 0.3 is 5.97 Å². The zero-order valence-electron chi connectivity index (χ0n) is 11.0. The van der Waals surface area contributed by atoms with Crippen molar-refractivity contribution in [3.63, 3.8) is 0 Å². The average Bonchev–Trinajstić information content (AvgIpc) is 2.39. The number of carbonyl (C=O) groups is 1. The van der Waals surface area contributed by atoms with Gasteiger partial charge in [-0.1, -0.05) is 12.2 Å². The van der Waals surface area contributed by atoms with Gasteiger partial charge in [0.2, 0.25) is 0 Å².